The Morgan fingerprint density at radius 2 is 1.64 bits per heavy atom. The van der Waals surface area contributed by atoms with Gasteiger partial charge in [-0.3, -0.25) is 4.79 Å². The van der Waals surface area contributed by atoms with Gasteiger partial charge in [-0.25, -0.2) is 9.48 Å². The molecule has 0 spiro atoms. The lowest BCUT2D eigenvalue weighted by Gasteiger charge is -2.34. The Morgan fingerprint density at radius 3 is 2.25 bits per heavy atom. The Kier molecular flexibility index (Phi) is 7.20. The number of rotatable bonds is 4. The molecule has 36 heavy (non-hydrogen) atoms. The highest BCUT2D eigenvalue weighted by atomic mass is 16.6. The number of piperidine rings is 1. The van der Waals surface area contributed by atoms with Crippen molar-refractivity contribution in [1.29, 1.82) is 0 Å². The zero-order valence-corrected chi connectivity index (χ0v) is 22.1. The van der Waals surface area contributed by atoms with Crippen LogP contribution in [0.25, 0.3) is 5.69 Å². The van der Waals surface area contributed by atoms with Gasteiger partial charge in [-0.1, -0.05) is 23.8 Å². The van der Waals surface area contributed by atoms with Gasteiger partial charge in [-0.15, -0.1) is 0 Å². The van der Waals surface area contributed by atoms with E-state index in [2.05, 4.69) is 36.4 Å². The Hall–Kier alpha value is -3.61. The van der Waals surface area contributed by atoms with Crippen molar-refractivity contribution >= 4 is 17.7 Å². The highest BCUT2D eigenvalue weighted by molar-refractivity contribution is 6.05. The quantitative estimate of drug-likeness (QED) is 0.477. The van der Waals surface area contributed by atoms with E-state index in [0.717, 1.165) is 35.5 Å². The Morgan fingerprint density at radius 1 is 0.972 bits per heavy atom. The first-order valence-corrected chi connectivity index (χ1v) is 12.5. The average Bonchev–Trinajstić information content (AvgIpc) is 3.27. The van der Waals surface area contributed by atoms with Crippen molar-refractivity contribution in [2.75, 3.05) is 18.4 Å². The van der Waals surface area contributed by atoms with Crippen molar-refractivity contribution in [2.45, 2.75) is 65.9 Å². The van der Waals surface area contributed by atoms with E-state index in [1.807, 2.05) is 62.7 Å². The van der Waals surface area contributed by atoms with Crippen molar-refractivity contribution in [2.24, 2.45) is 0 Å². The minimum Gasteiger partial charge on any atom is -0.444 e. The van der Waals surface area contributed by atoms with Crippen LogP contribution in [0.1, 0.15) is 72.3 Å². The van der Waals surface area contributed by atoms with Gasteiger partial charge in [0.25, 0.3) is 5.91 Å². The summed E-state index contributed by atoms with van der Waals surface area (Å²) >= 11 is 0. The Labute approximate surface area is 213 Å². The summed E-state index contributed by atoms with van der Waals surface area (Å²) in [6.07, 6.45) is 2.82. The van der Waals surface area contributed by atoms with Crippen molar-refractivity contribution in [3.8, 4) is 5.69 Å². The molecule has 7 heteroatoms. The number of carbonyl (C=O) groups excluding carboxylic acids is 2. The second kappa shape index (κ2) is 10.2. The SMILES string of the molecule is Cc1ccc(NC(=O)c2cnn(-c3ccc(C)c(C)c3)c2C2CCN(C(=O)OC(C)(C)C)CC2)cc1. The summed E-state index contributed by atoms with van der Waals surface area (Å²) in [6.45, 7) is 12.9. The van der Waals surface area contributed by atoms with Crippen molar-refractivity contribution in [3.05, 3.63) is 76.6 Å². The first kappa shape index (κ1) is 25.5. The van der Waals surface area contributed by atoms with Gasteiger partial charge < -0.3 is 15.0 Å². The van der Waals surface area contributed by atoms with Crippen LogP contribution in [0.4, 0.5) is 10.5 Å². The Balaban J connectivity index is 1.63. The zero-order chi connectivity index (χ0) is 26.0. The van der Waals surface area contributed by atoms with E-state index in [1.54, 1.807) is 11.1 Å². The molecule has 0 unspecified atom stereocenters. The summed E-state index contributed by atoms with van der Waals surface area (Å²) in [5.74, 6) is -0.106. The van der Waals surface area contributed by atoms with Crippen LogP contribution in [0.15, 0.2) is 48.7 Å². The molecule has 1 aromatic heterocycles. The summed E-state index contributed by atoms with van der Waals surface area (Å²) in [5, 5.41) is 7.69. The molecule has 0 radical (unpaired) electrons. The number of nitrogens with zero attached hydrogens (tertiary/aromatic N) is 3. The van der Waals surface area contributed by atoms with E-state index in [9.17, 15) is 9.59 Å². The standard InChI is InChI=1S/C29H36N4O3/c1-19-7-10-23(11-8-19)31-27(34)25-18-30-33(24-12-9-20(2)21(3)17-24)26(25)22-13-15-32(16-14-22)28(35)36-29(4,5)6/h7-12,17-18,22H,13-16H2,1-6H3,(H,31,34). The highest BCUT2D eigenvalue weighted by Gasteiger charge is 2.32. The number of amides is 2. The average molecular weight is 489 g/mol. The Bertz CT molecular complexity index is 1250. The maximum Gasteiger partial charge on any atom is 0.410 e. The predicted molar refractivity (Wildman–Crippen MR) is 142 cm³/mol. The van der Waals surface area contributed by atoms with Crippen LogP contribution in [-0.4, -0.2) is 45.4 Å². The number of nitrogens with one attached hydrogen (secondary N) is 1. The van der Waals surface area contributed by atoms with E-state index >= 15 is 0 Å². The molecule has 1 saturated heterocycles. The van der Waals surface area contributed by atoms with Crippen molar-refractivity contribution < 1.29 is 14.3 Å². The molecule has 2 heterocycles. The largest absolute Gasteiger partial charge is 0.444 e. The number of likely N-dealkylation sites (tertiary alicyclic amines) is 1. The lowest BCUT2D eigenvalue weighted by atomic mass is 9.90. The van der Waals surface area contributed by atoms with E-state index in [-0.39, 0.29) is 17.9 Å². The monoisotopic (exact) mass is 488 g/mol. The number of aryl methyl sites for hydroxylation is 3. The highest BCUT2D eigenvalue weighted by Crippen LogP contribution is 2.33. The molecule has 0 saturated carbocycles. The van der Waals surface area contributed by atoms with Crippen LogP contribution in [0.5, 0.6) is 0 Å². The lowest BCUT2D eigenvalue weighted by molar-refractivity contribution is 0.0203. The number of hydrogen-bond donors (Lipinski definition) is 1. The first-order valence-electron chi connectivity index (χ1n) is 12.5. The van der Waals surface area contributed by atoms with Crippen LogP contribution in [0.2, 0.25) is 0 Å². The fraction of sp³-hybridized carbons (Fsp3) is 0.414. The van der Waals surface area contributed by atoms with E-state index in [4.69, 9.17) is 4.74 Å². The molecule has 1 aliphatic rings. The third-order valence-corrected chi connectivity index (χ3v) is 6.63. The van der Waals surface area contributed by atoms with Gasteiger partial charge >= 0.3 is 6.09 Å². The van der Waals surface area contributed by atoms with Crippen LogP contribution in [-0.2, 0) is 4.74 Å². The minimum atomic E-state index is -0.531. The third kappa shape index (κ3) is 5.78. The molecular weight excluding hydrogens is 452 g/mol. The topological polar surface area (TPSA) is 76.5 Å². The van der Waals surface area contributed by atoms with Gasteiger partial charge in [0.05, 0.1) is 23.1 Å². The van der Waals surface area contributed by atoms with E-state index in [0.29, 0.717) is 18.7 Å². The summed E-state index contributed by atoms with van der Waals surface area (Å²) in [6, 6.07) is 14.0. The molecule has 4 rings (SSSR count). The molecule has 2 amide bonds. The smallest absolute Gasteiger partial charge is 0.410 e. The number of aromatic nitrogens is 2. The van der Waals surface area contributed by atoms with Gasteiger partial charge in [0.1, 0.15) is 5.60 Å². The summed E-state index contributed by atoms with van der Waals surface area (Å²) in [5.41, 5.74) is 6.09. The van der Waals surface area contributed by atoms with Gasteiger partial charge in [0.15, 0.2) is 0 Å². The summed E-state index contributed by atoms with van der Waals surface area (Å²) in [4.78, 5) is 27.8. The van der Waals surface area contributed by atoms with Gasteiger partial charge in [-0.05, 0) is 89.8 Å². The predicted octanol–water partition coefficient (Wildman–Crippen LogP) is 6.16. The molecular formula is C29H36N4O3. The maximum absolute atomic E-state index is 13.4. The third-order valence-electron chi connectivity index (χ3n) is 6.63. The van der Waals surface area contributed by atoms with E-state index < -0.39 is 5.60 Å². The van der Waals surface area contributed by atoms with Gasteiger partial charge in [-0.2, -0.15) is 5.10 Å². The fourth-order valence-electron chi connectivity index (χ4n) is 4.49. The molecule has 0 bridgehead atoms. The molecule has 2 aromatic carbocycles. The van der Waals surface area contributed by atoms with Gasteiger partial charge in [0, 0.05) is 24.7 Å². The van der Waals surface area contributed by atoms with Crippen molar-refractivity contribution in [1.82, 2.24) is 14.7 Å². The van der Waals surface area contributed by atoms with Gasteiger partial charge in [0.2, 0.25) is 0 Å². The molecule has 1 N–H and O–H groups in total. The number of anilines is 1. The number of hydrogen-bond acceptors (Lipinski definition) is 4. The minimum absolute atomic E-state index is 0.0755. The molecule has 0 aliphatic carbocycles. The number of benzene rings is 2. The number of ether oxygens (including phenoxy) is 1. The normalized spacial score (nSPS) is 14.6. The van der Waals surface area contributed by atoms with Crippen molar-refractivity contribution in [3.63, 3.8) is 0 Å². The second-order valence-corrected chi connectivity index (χ2v) is 10.7. The molecule has 3 aromatic rings. The molecule has 7 nitrogen and oxygen atoms in total. The maximum atomic E-state index is 13.4. The lowest BCUT2D eigenvalue weighted by Crippen LogP contribution is -2.41. The van der Waals surface area contributed by atoms with Crippen LogP contribution >= 0.6 is 0 Å². The summed E-state index contributed by atoms with van der Waals surface area (Å²) in [7, 11) is 0. The molecule has 1 fully saturated rings. The number of carbonyl (C=O) groups is 2. The summed E-state index contributed by atoms with van der Waals surface area (Å²) < 4.78 is 7.46. The second-order valence-electron chi connectivity index (χ2n) is 10.7. The molecule has 0 atom stereocenters. The van der Waals surface area contributed by atoms with Crippen LogP contribution in [0, 0.1) is 20.8 Å². The molecule has 1 aliphatic heterocycles. The zero-order valence-electron chi connectivity index (χ0n) is 22.1. The molecule has 190 valence electrons. The van der Waals surface area contributed by atoms with E-state index in [1.165, 1.54) is 11.1 Å². The van der Waals surface area contributed by atoms with Crippen LogP contribution in [0.3, 0.4) is 0 Å². The first-order chi connectivity index (χ1) is 17.0. The van der Waals surface area contributed by atoms with Crippen LogP contribution < -0.4 is 5.32 Å². The fourth-order valence-corrected chi connectivity index (χ4v) is 4.49.